The molecule has 0 saturated heterocycles. The first-order valence-electron chi connectivity index (χ1n) is 5.46. The first-order valence-corrected chi connectivity index (χ1v) is 5.46. The molecule has 108 valence electrons. The zero-order valence-electron chi connectivity index (χ0n) is 10.4. The van der Waals surface area contributed by atoms with E-state index in [0.717, 1.165) is 6.92 Å². The molecular formula is C12H6F4N4O. The molecule has 0 atom stereocenters. The van der Waals surface area contributed by atoms with Gasteiger partial charge in [0.1, 0.15) is 29.0 Å². The van der Waals surface area contributed by atoms with E-state index in [1.54, 1.807) is 6.07 Å². The minimum absolute atomic E-state index is 0.141. The molecule has 0 radical (unpaired) electrons. The van der Waals surface area contributed by atoms with Gasteiger partial charge in [0.2, 0.25) is 5.91 Å². The number of nitriles is 1. The lowest BCUT2D eigenvalue weighted by Crippen LogP contribution is -2.07. The third-order valence-electron chi connectivity index (χ3n) is 2.53. The summed E-state index contributed by atoms with van der Waals surface area (Å²) in [6.45, 7) is 1.14. The standard InChI is InChI=1S/C12H6F4N4O/c1-4(21)18-12-5(3-17)11(19-20-12)8-6(13)2-7(14)9(15)10(8)16/h2H,1H3,(H2,18,19,20,21). The van der Waals surface area contributed by atoms with Crippen LogP contribution in [0.15, 0.2) is 6.07 Å². The van der Waals surface area contributed by atoms with Crippen LogP contribution in [0, 0.1) is 34.6 Å². The lowest BCUT2D eigenvalue weighted by atomic mass is 10.1. The normalized spacial score (nSPS) is 10.3. The van der Waals surface area contributed by atoms with Gasteiger partial charge in [-0.2, -0.15) is 10.4 Å². The molecule has 1 aromatic heterocycles. The smallest absolute Gasteiger partial charge is 0.222 e. The highest BCUT2D eigenvalue weighted by Gasteiger charge is 2.26. The molecule has 1 heterocycles. The summed E-state index contributed by atoms with van der Waals surface area (Å²) >= 11 is 0. The highest BCUT2D eigenvalue weighted by Crippen LogP contribution is 2.32. The van der Waals surface area contributed by atoms with Crippen molar-refractivity contribution in [3.8, 4) is 17.3 Å². The Kier molecular flexibility index (Phi) is 3.62. The fraction of sp³-hybridized carbons (Fsp3) is 0.0833. The van der Waals surface area contributed by atoms with Gasteiger partial charge in [-0.15, -0.1) is 0 Å². The van der Waals surface area contributed by atoms with Crippen LogP contribution in [0.2, 0.25) is 0 Å². The van der Waals surface area contributed by atoms with Gasteiger partial charge in [-0.1, -0.05) is 0 Å². The fourth-order valence-corrected chi connectivity index (χ4v) is 1.68. The number of nitrogens with one attached hydrogen (secondary N) is 2. The second kappa shape index (κ2) is 5.24. The third-order valence-corrected chi connectivity index (χ3v) is 2.53. The maximum Gasteiger partial charge on any atom is 0.222 e. The maximum atomic E-state index is 13.7. The molecule has 0 fully saturated rings. The average molecular weight is 298 g/mol. The number of aromatic amines is 1. The zero-order chi connectivity index (χ0) is 15.7. The van der Waals surface area contributed by atoms with Gasteiger partial charge in [0.25, 0.3) is 0 Å². The summed E-state index contributed by atoms with van der Waals surface area (Å²) in [5.74, 6) is -7.60. The number of carbonyl (C=O) groups excluding carboxylic acids is 1. The minimum atomic E-state index is -1.89. The van der Waals surface area contributed by atoms with Crippen LogP contribution in [0.4, 0.5) is 23.4 Å². The predicted octanol–water partition coefficient (Wildman–Crippen LogP) is 2.46. The molecule has 0 saturated carbocycles. The molecule has 2 aromatic rings. The Morgan fingerprint density at radius 1 is 1.29 bits per heavy atom. The molecule has 0 spiro atoms. The summed E-state index contributed by atoms with van der Waals surface area (Å²) in [5, 5.41) is 16.8. The summed E-state index contributed by atoms with van der Waals surface area (Å²) in [6.07, 6.45) is 0. The number of nitrogens with zero attached hydrogens (tertiary/aromatic N) is 2. The van der Waals surface area contributed by atoms with Gasteiger partial charge in [-0.05, 0) is 0 Å². The number of halogens is 4. The van der Waals surface area contributed by atoms with Gasteiger partial charge in [-0.3, -0.25) is 9.89 Å². The number of hydrogen-bond donors (Lipinski definition) is 2. The van der Waals surface area contributed by atoms with Gasteiger partial charge in [-0.25, -0.2) is 17.6 Å². The van der Waals surface area contributed by atoms with Crippen molar-refractivity contribution < 1.29 is 22.4 Å². The summed E-state index contributed by atoms with van der Waals surface area (Å²) < 4.78 is 53.5. The van der Waals surface area contributed by atoms with Crippen LogP contribution in [0.5, 0.6) is 0 Å². The van der Waals surface area contributed by atoms with Crippen molar-refractivity contribution in [3.63, 3.8) is 0 Å². The summed E-state index contributed by atoms with van der Waals surface area (Å²) in [6, 6.07) is 1.72. The first-order chi connectivity index (χ1) is 9.86. The van der Waals surface area contributed by atoms with E-state index in [1.807, 2.05) is 0 Å². The van der Waals surface area contributed by atoms with Gasteiger partial charge < -0.3 is 5.32 Å². The van der Waals surface area contributed by atoms with Gasteiger partial charge in [0, 0.05) is 13.0 Å². The van der Waals surface area contributed by atoms with E-state index in [2.05, 4.69) is 15.5 Å². The van der Waals surface area contributed by atoms with Crippen LogP contribution in [0.3, 0.4) is 0 Å². The van der Waals surface area contributed by atoms with Gasteiger partial charge >= 0.3 is 0 Å². The van der Waals surface area contributed by atoms with Crippen LogP contribution in [-0.4, -0.2) is 16.1 Å². The molecule has 5 nitrogen and oxygen atoms in total. The lowest BCUT2D eigenvalue weighted by Gasteiger charge is -2.04. The van der Waals surface area contributed by atoms with Crippen molar-refractivity contribution >= 4 is 11.7 Å². The number of anilines is 1. The SMILES string of the molecule is CC(=O)Nc1[nH]nc(-c2c(F)cc(F)c(F)c2F)c1C#N. The highest BCUT2D eigenvalue weighted by atomic mass is 19.2. The van der Waals surface area contributed by atoms with E-state index in [-0.39, 0.29) is 11.9 Å². The molecule has 0 bridgehead atoms. The van der Waals surface area contributed by atoms with E-state index in [9.17, 15) is 22.4 Å². The van der Waals surface area contributed by atoms with Crippen LogP contribution in [0.25, 0.3) is 11.3 Å². The van der Waals surface area contributed by atoms with E-state index in [1.165, 1.54) is 0 Å². The third kappa shape index (κ3) is 2.43. The number of rotatable bonds is 2. The molecule has 1 aromatic carbocycles. The van der Waals surface area contributed by atoms with Crippen LogP contribution in [0.1, 0.15) is 12.5 Å². The number of H-pyrrole nitrogens is 1. The zero-order valence-corrected chi connectivity index (χ0v) is 10.4. The molecule has 0 aliphatic rings. The number of carbonyl (C=O) groups is 1. The Morgan fingerprint density at radius 2 is 1.95 bits per heavy atom. The maximum absolute atomic E-state index is 13.7. The van der Waals surface area contributed by atoms with Crippen molar-refractivity contribution in [3.05, 3.63) is 34.9 Å². The second-order valence-electron chi connectivity index (χ2n) is 3.96. The number of aromatic nitrogens is 2. The topological polar surface area (TPSA) is 81.6 Å². The van der Waals surface area contributed by atoms with Crippen molar-refractivity contribution in [1.82, 2.24) is 10.2 Å². The molecular weight excluding hydrogens is 292 g/mol. The molecule has 0 aliphatic heterocycles. The van der Waals surface area contributed by atoms with E-state index >= 15 is 0 Å². The number of hydrogen-bond acceptors (Lipinski definition) is 3. The summed E-state index contributed by atoms with van der Waals surface area (Å²) in [5.41, 5.74) is -1.98. The van der Waals surface area contributed by atoms with Crippen molar-refractivity contribution in [2.75, 3.05) is 5.32 Å². The van der Waals surface area contributed by atoms with Crippen LogP contribution < -0.4 is 5.32 Å². The Morgan fingerprint density at radius 3 is 2.52 bits per heavy atom. The van der Waals surface area contributed by atoms with E-state index in [0.29, 0.717) is 0 Å². The molecule has 0 unspecified atom stereocenters. The first kappa shape index (κ1) is 14.5. The van der Waals surface area contributed by atoms with Crippen molar-refractivity contribution in [1.29, 1.82) is 5.26 Å². The summed E-state index contributed by atoms with van der Waals surface area (Å²) in [7, 11) is 0. The average Bonchev–Trinajstić information content (AvgIpc) is 2.78. The fourth-order valence-electron chi connectivity index (χ4n) is 1.68. The van der Waals surface area contributed by atoms with Crippen molar-refractivity contribution in [2.24, 2.45) is 0 Å². The van der Waals surface area contributed by atoms with Gasteiger partial charge in [0.05, 0.1) is 5.56 Å². The molecule has 2 rings (SSSR count). The summed E-state index contributed by atoms with van der Waals surface area (Å²) in [4.78, 5) is 10.9. The monoisotopic (exact) mass is 298 g/mol. The number of benzene rings is 1. The Hall–Kier alpha value is -2.89. The van der Waals surface area contributed by atoms with Crippen LogP contribution in [-0.2, 0) is 4.79 Å². The quantitative estimate of drug-likeness (QED) is 0.507. The second-order valence-corrected chi connectivity index (χ2v) is 3.96. The van der Waals surface area contributed by atoms with E-state index < -0.39 is 46.0 Å². The molecule has 0 aliphatic carbocycles. The molecule has 1 amide bonds. The largest absolute Gasteiger partial charge is 0.310 e. The lowest BCUT2D eigenvalue weighted by molar-refractivity contribution is -0.114. The Bertz CT molecular complexity index is 779. The number of amides is 1. The molecule has 9 heteroatoms. The minimum Gasteiger partial charge on any atom is -0.310 e. The molecule has 2 N–H and O–H groups in total. The van der Waals surface area contributed by atoms with E-state index in [4.69, 9.17) is 5.26 Å². The highest BCUT2D eigenvalue weighted by molar-refractivity contribution is 5.90. The molecule has 21 heavy (non-hydrogen) atoms. The van der Waals surface area contributed by atoms with Crippen molar-refractivity contribution in [2.45, 2.75) is 6.92 Å². The predicted molar refractivity (Wildman–Crippen MR) is 62.9 cm³/mol. The Balaban J connectivity index is 2.69. The van der Waals surface area contributed by atoms with Gasteiger partial charge in [0.15, 0.2) is 17.5 Å². The van der Waals surface area contributed by atoms with Crippen LogP contribution >= 0.6 is 0 Å². The Labute approximate surface area is 115 Å².